The van der Waals surface area contributed by atoms with Crippen molar-refractivity contribution < 1.29 is 32.6 Å². The van der Waals surface area contributed by atoms with Crippen LogP contribution in [0.2, 0.25) is 0 Å². The van der Waals surface area contributed by atoms with Crippen LogP contribution in [0.25, 0.3) is 10.8 Å². The summed E-state index contributed by atoms with van der Waals surface area (Å²) in [6, 6.07) is 9.79. The van der Waals surface area contributed by atoms with Gasteiger partial charge >= 0.3 is 18.2 Å². The third-order valence-corrected chi connectivity index (χ3v) is 5.06. The van der Waals surface area contributed by atoms with Gasteiger partial charge in [0.05, 0.1) is 5.69 Å². The molecule has 0 fully saturated rings. The Morgan fingerprint density at radius 2 is 1.89 bits per heavy atom. The summed E-state index contributed by atoms with van der Waals surface area (Å²) in [4.78, 5) is 29.0. The number of carboxylic acids is 1. The number of likely N-dealkylation sites (N-methyl/N-ethyl adjacent to an activating group) is 1. The van der Waals surface area contributed by atoms with E-state index in [1.54, 1.807) is 31.1 Å². The van der Waals surface area contributed by atoms with Crippen LogP contribution in [0.5, 0.6) is 5.75 Å². The molecule has 11 heteroatoms. The van der Waals surface area contributed by atoms with Crippen LogP contribution in [-0.4, -0.2) is 60.8 Å². The Morgan fingerprint density at radius 3 is 2.57 bits per heavy atom. The number of carboxylic acid groups (broad SMARTS) is 1. The molecule has 2 amide bonds. The maximum atomic E-state index is 13.7. The Hall–Kier alpha value is -3.86. The fourth-order valence-corrected chi connectivity index (χ4v) is 3.34. The number of pyridine rings is 1. The number of halogens is 3. The third-order valence-electron chi connectivity index (χ3n) is 5.06. The van der Waals surface area contributed by atoms with Gasteiger partial charge in [0.25, 0.3) is 0 Å². The first-order valence-corrected chi connectivity index (χ1v) is 10.7. The number of anilines is 1. The van der Waals surface area contributed by atoms with Gasteiger partial charge in [-0.05, 0) is 55.7 Å². The second-order valence-electron chi connectivity index (χ2n) is 8.02. The number of carbonyl (C=O) groups is 2. The van der Waals surface area contributed by atoms with E-state index in [2.05, 4.69) is 15.6 Å². The van der Waals surface area contributed by atoms with Crippen LogP contribution in [0.4, 0.5) is 23.7 Å². The molecule has 3 N–H and O–H groups in total. The molecule has 0 aliphatic heterocycles. The number of urea groups is 1. The van der Waals surface area contributed by atoms with Crippen molar-refractivity contribution >= 4 is 28.5 Å². The third kappa shape index (κ3) is 7.06. The fraction of sp³-hybridized carbons (Fsp3) is 0.292. The number of ether oxygens (including phenoxy) is 1. The van der Waals surface area contributed by atoms with Gasteiger partial charge in [-0.3, -0.25) is 0 Å². The van der Waals surface area contributed by atoms with Gasteiger partial charge in [-0.1, -0.05) is 18.2 Å². The summed E-state index contributed by atoms with van der Waals surface area (Å²) in [7, 11) is 3.56. The highest BCUT2D eigenvalue weighted by Crippen LogP contribution is 2.41. The second-order valence-corrected chi connectivity index (χ2v) is 8.02. The SMILES string of the molecule is CN(C)CCOc1cccc(NC(=O)NCCc2ccc3cc(C(=O)O)ncc3c2)c1C(F)(F)F. The highest BCUT2D eigenvalue weighted by atomic mass is 19.4. The highest BCUT2D eigenvalue weighted by Gasteiger charge is 2.37. The van der Waals surface area contributed by atoms with Gasteiger partial charge in [-0.2, -0.15) is 13.2 Å². The van der Waals surface area contributed by atoms with Crippen molar-refractivity contribution in [3.63, 3.8) is 0 Å². The normalized spacial score (nSPS) is 11.5. The lowest BCUT2D eigenvalue weighted by Gasteiger charge is -2.19. The van der Waals surface area contributed by atoms with Gasteiger partial charge in [0.15, 0.2) is 0 Å². The average molecular weight is 490 g/mol. The van der Waals surface area contributed by atoms with Gasteiger partial charge in [-0.25, -0.2) is 14.6 Å². The van der Waals surface area contributed by atoms with E-state index in [1.165, 1.54) is 30.5 Å². The Balaban J connectivity index is 1.63. The van der Waals surface area contributed by atoms with Gasteiger partial charge in [-0.15, -0.1) is 0 Å². The van der Waals surface area contributed by atoms with Crippen molar-refractivity contribution in [2.45, 2.75) is 12.6 Å². The molecule has 1 heterocycles. The van der Waals surface area contributed by atoms with E-state index < -0.39 is 29.4 Å². The topological polar surface area (TPSA) is 104 Å². The number of benzene rings is 2. The number of amides is 2. The lowest BCUT2D eigenvalue weighted by atomic mass is 10.1. The van der Waals surface area contributed by atoms with Crippen LogP contribution in [-0.2, 0) is 12.6 Å². The first-order valence-electron chi connectivity index (χ1n) is 10.7. The molecule has 2 aromatic carbocycles. The monoisotopic (exact) mass is 490 g/mol. The molecule has 0 atom stereocenters. The number of alkyl halides is 3. The molecule has 1 aromatic heterocycles. The Kier molecular flexibility index (Phi) is 8.13. The molecule has 0 spiro atoms. The lowest BCUT2D eigenvalue weighted by Crippen LogP contribution is -2.31. The minimum atomic E-state index is -4.73. The van der Waals surface area contributed by atoms with Crippen molar-refractivity contribution in [1.82, 2.24) is 15.2 Å². The summed E-state index contributed by atoms with van der Waals surface area (Å²) in [5, 5.41) is 15.3. The smallest absolute Gasteiger partial charge is 0.421 e. The first kappa shape index (κ1) is 25.8. The van der Waals surface area contributed by atoms with Crippen molar-refractivity contribution in [3.05, 3.63) is 65.5 Å². The molecule has 35 heavy (non-hydrogen) atoms. The van der Waals surface area contributed by atoms with Crippen LogP contribution in [0, 0.1) is 0 Å². The average Bonchev–Trinajstić information content (AvgIpc) is 2.77. The van der Waals surface area contributed by atoms with Crippen molar-refractivity contribution in [1.29, 1.82) is 0 Å². The summed E-state index contributed by atoms with van der Waals surface area (Å²) < 4.78 is 46.5. The van der Waals surface area contributed by atoms with Crippen LogP contribution in [0.15, 0.2) is 48.7 Å². The zero-order valence-corrected chi connectivity index (χ0v) is 19.1. The summed E-state index contributed by atoms with van der Waals surface area (Å²) in [5.74, 6) is -1.47. The molecule has 0 unspecified atom stereocenters. The van der Waals surface area contributed by atoms with E-state index in [9.17, 15) is 22.8 Å². The number of nitrogens with one attached hydrogen (secondary N) is 2. The molecule has 3 rings (SSSR count). The number of aromatic nitrogens is 1. The van der Waals surface area contributed by atoms with E-state index in [0.717, 1.165) is 10.9 Å². The lowest BCUT2D eigenvalue weighted by molar-refractivity contribution is -0.138. The van der Waals surface area contributed by atoms with Gasteiger partial charge in [0.2, 0.25) is 0 Å². The van der Waals surface area contributed by atoms with E-state index in [1.807, 2.05) is 6.07 Å². The number of nitrogens with zero attached hydrogens (tertiary/aromatic N) is 2. The molecule has 0 aliphatic carbocycles. The first-order chi connectivity index (χ1) is 16.5. The van der Waals surface area contributed by atoms with Gasteiger partial charge < -0.3 is 25.4 Å². The highest BCUT2D eigenvalue weighted by molar-refractivity contribution is 5.92. The van der Waals surface area contributed by atoms with E-state index in [4.69, 9.17) is 9.84 Å². The minimum Gasteiger partial charge on any atom is -0.492 e. The minimum absolute atomic E-state index is 0.0601. The number of fused-ring (bicyclic) bond motifs is 1. The molecule has 8 nitrogen and oxygen atoms in total. The summed E-state index contributed by atoms with van der Waals surface area (Å²) in [6.45, 7) is 0.657. The predicted molar refractivity (Wildman–Crippen MR) is 125 cm³/mol. The quantitative estimate of drug-likeness (QED) is 0.414. The van der Waals surface area contributed by atoms with Gasteiger partial charge in [0.1, 0.15) is 23.6 Å². The zero-order valence-electron chi connectivity index (χ0n) is 19.1. The Labute approximate surface area is 199 Å². The van der Waals surface area contributed by atoms with Crippen molar-refractivity contribution in [2.24, 2.45) is 0 Å². The van der Waals surface area contributed by atoms with Crippen LogP contribution in [0.1, 0.15) is 21.6 Å². The van der Waals surface area contributed by atoms with E-state index in [0.29, 0.717) is 18.4 Å². The predicted octanol–water partition coefficient (Wildman–Crippen LogP) is 4.26. The summed E-state index contributed by atoms with van der Waals surface area (Å²) >= 11 is 0. The molecule has 0 aliphatic rings. The number of aromatic carboxylic acids is 1. The molecule has 0 bridgehead atoms. The maximum Gasteiger partial charge on any atom is 0.421 e. The second kappa shape index (κ2) is 11.0. The van der Waals surface area contributed by atoms with Crippen molar-refractivity contribution in [2.75, 3.05) is 39.1 Å². The molecule has 0 saturated carbocycles. The van der Waals surface area contributed by atoms with Crippen molar-refractivity contribution in [3.8, 4) is 5.75 Å². The van der Waals surface area contributed by atoms with E-state index >= 15 is 0 Å². The molecule has 0 saturated heterocycles. The van der Waals surface area contributed by atoms with Crippen LogP contribution < -0.4 is 15.4 Å². The summed E-state index contributed by atoms with van der Waals surface area (Å²) in [5.41, 5.74) is -0.663. The summed E-state index contributed by atoms with van der Waals surface area (Å²) in [6.07, 6.45) is -2.87. The zero-order chi connectivity index (χ0) is 25.6. The Morgan fingerprint density at radius 1 is 1.11 bits per heavy atom. The Bertz CT molecular complexity index is 1220. The van der Waals surface area contributed by atoms with Crippen LogP contribution in [0.3, 0.4) is 0 Å². The fourth-order valence-electron chi connectivity index (χ4n) is 3.34. The maximum absolute atomic E-state index is 13.7. The number of hydrogen-bond donors (Lipinski definition) is 3. The standard InChI is InChI=1S/C24H25F3N4O4/c1-31(2)10-11-35-20-5-3-4-18(21(20)24(25,26)27)30-23(34)28-9-8-15-6-7-16-13-19(22(32)33)29-14-17(16)12-15/h3-7,12-14H,8-11H2,1-2H3,(H,32,33)(H2,28,30,34). The van der Waals surface area contributed by atoms with E-state index in [-0.39, 0.29) is 24.6 Å². The van der Waals surface area contributed by atoms with Crippen LogP contribution >= 0.6 is 0 Å². The van der Waals surface area contributed by atoms with Gasteiger partial charge in [0, 0.05) is 24.7 Å². The molecule has 186 valence electrons. The molecule has 0 radical (unpaired) electrons. The number of carbonyl (C=O) groups excluding carboxylic acids is 1. The number of rotatable bonds is 9. The number of hydrogen-bond acceptors (Lipinski definition) is 5. The molecular formula is C24H25F3N4O4. The molecule has 3 aromatic rings. The largest absolute Gasteiger partial charge is 0.492 e. The molecular weight excluding hydrogens is 465 g/mol.